The molecule has 0 aliphatic rings. The number of nitrogens with zero attached hydrogens (tertiary/aromatic N) is 3. The third-order valence-corrected chi connectivity index (χ3v) is 8.92. The minimum Gasteiger partial charge on any atom is -0.258 e. The summed E-state index contributed by atoms with van der Waals surface area (Å²) in [5.74, 6) is 0.526. The van der Waals surface area contributed by atoms with Gasteiger partial charge in [0.1, 0.15) is 3.70 Å². The Kier molecular flexibility index (Phi) is 27.8. The predicted octanol–water partition coefficient (Wildman–Crippen LogP) is 13.4. The van der Waals surface area contributed by atoms with Crippen molar-refractivity contribution in [2.75, 3.05) is 0 Å². The molecule has 3 heterocycles. The molecule has 0 amide bonds. The highest BCUT2D eigenvalue weighted by Crippen LogP contribution is 2.23. The Morgan fingerprint density at radius 3 is 1.19 bits per heavy atom. The molecule has 3 rings (SSSR count). The van der Waals surface area contributed by atoms with E-state index >= 15 is 0 Å². The van der Waals surface area contributed by atoms with Crippen LogP contribution in [-0.4, -0.2) is 15.0 Å². The topological polar surface area (TPSA) is 38.7 Å². The Labute approximate surface area is 286 Å². The fraction of sp³-hybridized carbons (Fsp3) is 0.615. The molecule has 0 aliphatic carbocycles. The molecule has 0 fully saturated rings. The zero-order valence-corrected chi connectivity index (χ0v) is 30.4. The molecule has 0 aliphatic heterocycles. The summed E-state index contributed by atoms with van der Waals surface area (Å²) in [6, 6.07) is 0. The summed E-state index contributed by atoms with van der Waals surface area (Å²) in [7, 11) is 0. The third-order valence-electron chi connectivity index (χ3n) is 7.87. The van der Waals surface area contributed by atoms with Crippen LogP contribution in [0.25, 0.3) is 0 Å². The summed E-state index contributed by atoms with van der Waals surface area (Å²) in [6.07, 6.45) is 2.29. The number of hydrogen-bond acceptors (Lipinski definition) is 3. The van der Waals surface area contributed by atoms with Crippen molar-refractivity contribution in [3.8, 4) is 0 Å². The van der Waals surface area contributed by atoms with E-state index in [1.165, 1.54) is 79.3 Å². The first-order valence-electron chi connectivity index (χ1n) is 14.4. The van der Waals surface area contributed by atoms with Crippen LogP contribution >= 0.6 is 22.6 Å². The van der Waals surface area contributed by atoms with Crippen molar-refractivity contribution < 1.29 is 1.43 Å². The molecule has 3 aromatic rings. The quantitative estimate of drug-likeness (QED) is 0.196. The van der Waals surface area contributed by atoms with E-state index in [2.05, 4.69) is 155 Å². The predicted molar refractivity (Wildman–Crippen MR) is 211 cm³/mol. The van der Waals surface area contributed by atoms with E-state index in [0.717, 1.165) is 15.8 Å². The van der Waals surface area contributed by atoms with Crippen molar-refractivity contribution in [3.63, 3.8) is 0 Å². The van der Waals surface area contributed by atoms with Crippen LogP contribution in [0.5, 0.6) is 0 Å². The van der Waals surface area contributed by atoms with Gasteiger partial charge in [-0.05, 0) is 168 Å². The van der Waals surface area contributed by atoms with Crippen molar-refractivity contribution in [3.05, 3.63) is 82.2 Å². The van der Waals surface area contributed by atoms with Crippen LogP contribution in [0.3, 0.4) is 0 Å². The normalized spacial score (nSPS) is 9.28. The molecular formula is C39H74IN3. The average molecular weight is 713 g/mol. The molecule has 4 heteroatoms. The second-order valence-corrected chi connectivity index (χ2v) is 12.1. The van der Waals surface area contributed by atoms with Gasteiger partial charge in [0.25, 0.3) is 0 Å². The van der Waals surface area contributed by atoms with Gasteiger partial charge in [-0.25, -0.2) is 4.98 Å². The van der Waals surface area contributed by atoms with Crippen LogP contribution < -0.4 is 0 Å². The molecular weight excluding hydrogens is 637 g/mol. The summed E-state index contributed by atoms with van der Waals surface area (Å²) in [5.41, 5.74) is 18.2. The Bertz CT molecular complexity index is 1220. The summed E-state index contributed by atoms with van der Waals surface area (Å²) >= 11 is 2.28. The van der Waals surface area contributed by atoms with Gasteiger partial charge in [0, 0.05) is 29.9 Å². The number of rotatable bonds is 2. The van der Waals surface area contributed by atoms with Gasteiger partial charge in [-0.3, -0.25) is 9.97 Å². The monoisotopic (exact) mass is 712 g/mol. The summed E-state index contributed by atoms with van der Waals surface area (Å²) < 4.78 is 1.13. The molecule has 0 aromatic carbocycles. The molecule has 0 saturated heterocycles. The van der Waals surface area contributed by atoms with E-state index in [1.54, 1.807) is 0 Å². The van der Waals surface area contributed by atoms with Crippen molar-refractivity contribution in [2.45, 2.75) is 166 Å². The van der Waals surface area contributed by atoms with E-state index in [0.29, 0.717) is 5.92 Å². The van der Waals surface area contributed by atoms with E-state index in [-0.39, 0.29) is 31.1 Å². The summed E-state index contributed by atoms with van der Waals surface area (Å²) in [6.45, 7) is 36.4. The van der Waals surface area contributed by atoms with Crippen LogP contribution in [0.15, 0.2) is 0 Å². The van der Waals surface area contributed by atoms with Gasteiger partial charge in [0.2, 0.25) is 0 Å². The van der Waals surface area contributed by atoms with Crippen molar-refractivity contribution >= 4 is 22.6 Å². The smallest absolute Gasteiger partial charge is 0.104 e. The zero-order chi connectivity index (χ0) is 30.8. The minimum absolute atomic E-state index is 0. The first kappa shape index (κ1) is 50.8. The Hall–Kier alpha value is -1.82. The SMILES string of the molecule is C.C.C.C.CCC.CCc1nc(C)c(C)c(C)c1C.Cc1nc(C(C)C)c(C)c(C)c1C.Cc1nc(I)c(C)c(C)c1C.[2HH]. The summed E-state index contributed by atoms with van der Waals surface area (Å²) in [4.78, 5) is 13.6. The van der Waals surface area contributed by atoms with Crippen molar-refractivity contribution in [1.29, 1.82) is 0 Å². The first-order chi connectivity index (χ1) is 18.0. The fourth-order valence-electron chi connectivity index (χ4n) is 4.16. The molecule has 0 saturated carbocycles. The average Bonchev–Trinajstić information content (AvgIpc) is 2.89. The molecule has 0 radical (unpaired) electrons. The standard InChI is InChI=1S/C12H19N.C11H17N.C9H12IN.C3H8.4CH4.H2/c1-7(2)12-10(5)8(3)9(4)11(6)13-12;1-6-11-9(4)7(2)8(3)10(5)12-11;1-5-6(2)8(4)11-9(10)7(5)3;1-3-2;;;;;/h7H,1-6H3;6H2,1-5H3;1-4H3;3H2,1-2H3;4*1H4;1H/i;;;;;;;;1+1. The van der Waals surface area contributed by atoms with Gasteiger partial charge in [0.05, 0.1) is 0 Å². The van der Waals surface area contributed by atoms with E-state index in [1.807, 2.05) is 0 Å². The lowest BCUT2D eigenvalue weighted by Crippen LogP contribution is -2.03. The minimum atomic E-state index is 0. The van der Waals surface area contributed by atoms with Crippen LogP contribution in [0.2, 0.25) is 0 Å². The van der Waals surface area contributed by atoms with Gasteiger partial charge in [-0.1, -0.05) is 70.7 Å². The second-order valence-electron chi connectivity index (χ2n) is 11.1. The van der Waals surface area contributed by atoms with Crippen LogP contribution in [0, 0.1) is 86.8 Å². The maximum absolute atomic E-state index is 4.63. The number of halogens is 1. The Morgan fingerprint density at radius 1 is 0.488 bits per heavy atom. The molecule has 0 bridgehead atoms. The molecule has 252 valence electrons. The van der Waals surface area contributed by atoms with Gasteiger partial charge >= 0.3 is 0 Å². The second kappa shape index (κ2) is 23.5. The highest BCUT2D eigenvalue weighted by Gasteiger charge is 2.11. The molecule has 43 heavy (non-hydrogen) atoms. The van der Waals surface area contributed by atoms with E-state index in [4.69, 9.17) is 0 Å². The lowest BCUT2D eigenvalue weighted by molar-refractivity contribution is 0.796. The fourth-order valence-corrected chi connectivity index (χ4v) is 4.93. The Balaban J connectivity index is -0.000000112. The van der Waals surface area contributed by atoms with Crippen LogP contribution in [-0.2, 0) is 6.42 Å². The lowest BCUT2D eigenvalue weighted by atomic mass is 9.97. The van der Waals surface area contributed by atoms with Gasteiger partial charge in [0.15, 0.2) is 0 Å². The van der Waals surface area contributed by atoms with Crippen LogP contribution in [0.4, 0.5) is 0 Å². The molecule has 0 spiro atoms. The first-order valence-corrected chi connectivity index (χ1v) is 15.5. The Morgan fingerprint density at radius 2 is 0.814 bits per heavy atom. The van der Waals surface area contributed by atoms with Gasteiger partial charge in [-0.15, -0.1) is 0 Å². The molecule has 0 atom stereocenters. The highest BCUT2D eigenvalue weighted by atomic mass is 127. The maximum Gasteiger partial charge on any atom is 0.104 e. The molecule has 0 unspecified atom stereocenters. The third kappa shape index (κ3) is 14.2. The zero-order valence-electron chi connectivity index (χ0n) is 28.2. The van der Waals surface area contributed by atoms with E-state index in [9.17, 15) is 0 Å². The largest absolute Gasteiger partial charge is 0.258 e. The maximum atomic E-state index is 4.63. The lowest BCUT2D eigenvalue weighted by Gasteiger charge is -2.15. The summed E-state index contributed by atoms with van der Waals surface area (Å²) in [5, 5.41) is 0. The number of aromatic nitrogens is 3. The van der Waals surface area contributed by atoms with Gasteiger partial charge < -0.3 is 0 Å². The van der Waals surface area contributed by atoms with Crippen molar-refractivity contribution in [2.24, 2.45) is 0 Å². The van der Waals surface area contributed by atoms with E-state index < -0.39 is 0 Å². The molecule has 3 aromatic heterocycles. The number of pyridine rings is 3. The van der Waals surface area contributed by atoms with Crippen molar-refractivity contribution in [1.82, 2.24) is 15.0 Å². The highest BCUT2D eigenvalue weighted by molar-refractivity contribution is 14.1. The number of aryl methyl sites for hydroxylation is 4. The van der Waals surface area contributed by atoms with Crippen LogP contribution in [0.1, 0.15) is 157 Å². The van der Waals surface area contributed by atoms with Gasteiger partial charge in [-0.2, -0.15) is 0 Å². The molecule has 3 nitrogen and oxygen atoms in total. The molecule has 0 N–H and O–H groups in total. The number of hydrogen-bond donors (Lipinski definition) is 0.